The summed E-state index contributed by atoms with van der Waals surface area (Å²) in [7, 11) is 0. The van der Waals surface area contributed by atoms with Crippen molar-refractivity contribution >= 4 is 11.9 Å². The summed E-state index contributed by atoms with van der Waals surface area (Å²) in [6, 6.07) is 17.4. The second kappa shape index (κ2) is 5.52. The van der Waals surface area contributed by atoms with Gasteiger partial charge in [0.25, 0.3) is 0 Å². The Morgan fingerprint density at radius 3 is 1.39 bits per heavy atom. The summed E-state index contributed by atoms with van der Waals surface area (Å²) >= 11 is 0. The van der Waals surface area contributed by atoms with Gasteiger partial charge in [-0.3, -0.25) is 0 Å². The van der Waals surface area contributed by atoms with Gasteiger partial charge in [0.15, 0.2) is 0 Å². The lowest BCUT2D eigenvalue weighted by Crippen LogP contribution is -2.53. The third-order valence-electron chi connectivity index (χ3n) is 4.21. The average molecular weight is 310 g/mol. The Bertz CT molecular complexity index is 664. The average Bonchev–Trinajstić information content (AvgIpc) is 3.19. The van der Waals surface area contributed by atoms with E-state index in [-0.39, 0.29) is 12.8 Å². The Morgan fingerprint density at radius 2 is 1.09 bits per heavy atom. The maximum absolute atomic E-state index is 11.7. The summed E-state index contributed by atoms with van der Waals surface area (Å²) in [5.41, 5.74) is -2.51. The minimum absolute atomic E-state index is 0.0863. The summed E-state index contributed by atoms with van der Waals surface area (Å²) in [6.45, 7) is 0. The fourth-order valence-corrected chi connectivity index (χ4v) is 2.95. The molecule has 0 bridgehead atoms. The van der Waals surface area contributed by atoms with Crippen LogP contribution in [0.3, 0.4) is 0 Å². The van der Waals surface area contributed by atoms with Crippen molar-refractivity contribution in [1.29, 1.82) is 0 Å². The van der Waals surface area contributed by atoms with E-state index in [1.165, 1.54) is 0 Å². The van der Waals surface area contributed by atoms with Gasteiger partial charge in [0, 0.05) is 12.8 Å². The van der Waals surface area contributed by atoms with E-state index in [9.17, 15) is 19.8 Å². The molecule has 1 aliphatic rings. The first kappa shape index (κ1) is 15.2. The fourth-order valence-electron chi connectivity index (χ4n) is 2.95. The number of benzene rings is 2. The quantitative estimate of drug-likeness (QED) is 0.669. The van der Waals surface area contributed by atoms with Crippen LogP contribution in [-0.4, -0.2) is 23.1 Å². The molecule has 0 unspecified atom stereocenters. The van der Waals surface area contributed by atoms with E-state index in [1.807, 2.05) is 0 Å². The van der Waals surface area contributed by atoms with Crippen LogP contribution < -0.4 is 10.2 Å². The number of carboxylic acid groups (broad SMARTS) is 2. The molecular weight excluding hydrogens is 296 g/mol. The molecule has 0 saturated carbocycles. The molecule has 2 atom stereocenters. The number of hydrogen-bond acceptors (Lipinski definition) is 5. The molecule has 23 heavy (non-hydrogen) atoms. The largest absolute Gasteiger partial charge is 0.547 e. The molecule has 2 aromatic rings. The lowest BCUT2D eigenvalue weighted by Gasteiger charge is -2.22. The molecule has 1 aliphatic heterocycles. The Labute approximate surface area is 133 Å². The summed E-state index contributed by atoms with van der Waals surface area (Å²) < 4.78 is 5.30. The van der Waals surface area contributed by atoms with Crippen molar-refractivity contribution in [3.63, 3.8) is 0 Å². The zero-order chi connectivity index (χ0) is 16.5. The number of ether oxygens (including phenoxy) is 1. The Kier molecular flexibility index (Phi) is 3.66. The van der Waals surface area contributed by atoms with Crippen LogP contribution in [0.4, 0.5) is 0 Å². The second-order valence-electron chi connectivity index (χ2n) is 5.66. The molecule has 1 saturated heterocycles. The van der Waals surface area contributed by atoms with Crippen molar-refractivity contribution in [2.45, 2.75) is 24.0 Å². The topological polar surface area (TPSA) is 92.8 Å². The first-order valence-electron chi connectivity index (χ1n) is 7.21. The van der Waals surface area contributed by atoms with Crippen LogP contribution >= 0.6 is 0 Å². The number of aliphatic carboxylic acids is 2. The predicted octanol–water partition coefficient (Wildman–Crippen LogP) is -0.521. The van der Waals surface area contributed by atoms with Gasteiger partial charge >= 0.3 is 0 Å². The van der Waals surface area contributed by atoms with Gasteiger partial charge in [0.1, 0.15) is 11.2 Å². The van der Waals surface area contributed by atoms with E-state index in [2.05, 4.69) is 0 Å². The summed E-state index contributed by atoms with van der Waals surface area (Å²) in [5.74, 6) is -3.08. The van der Waals surface area contributed by atoms with Crippen LogP contribution in [0.5, 0.6) is 0 Å². The fraction of sp³-hybridized carbons (Fsp3) is 0.222. The van der Waals surface area contributed by atoms with Crippen molar-refractivity contribution in [3.8, 4) is 0 Å². The zero-order valence-corrected chi connectivity index (χ0v) is 12.2. The number of epoxide rings is 1. The highest BCUT2D eigenvalue weighted by Crippen LogP contribution is 2.51. The second-order valence-corrected chi connectivity index (χ2v) is 5.66. The molecule has 0 amide bonds. The Hall–Kier alpha value is -2.66. The van der Waals surface area contributed by atoms with Crippen molar-refractivity contribution < 1.29 is 24.5 Å². The van der Waals surface area contributed by atoms with Crippen LogP contribution in [0.15, 0.2) is 60.7 Å². The summed E-state index contributed by atoms with van der Waals surface area (Å²) in [4.78, 5) is 23.3. The first-order valence-corrected chi connectivity index (χ1v) is 7.21. The summed E-state index contributed by atoms with van der Waals surface area (Å²) in [6.07, 6.45) is -0.173. The Morgan fingerprint density at radius 1 is 0.739 bits per heavy atom. The number of rotatable bonds is 6. The molecule has 5 heteroatoms. The number of carbonyl (C=O) groups excluding carboxylic acids is 2. The maximum Gasteiger partial charge on any atom is 0.147 e. The third-order valence-corrected chi connectivity index (χ3v) is 4.21. The van der Waals surface area contributed by atoms with E-state index >= 15 is 0 Å². The van der Waals surface area contributed by atoms with Crippen LogP contribution in [0.1, 0.15) is 11.1 Å². The third kappa shape index (κ3) is 2.49. The van der Waals surface area contributed by atoms with E-state index in [4.69, 9.17) is 4.74 Å². The van der Waals surface area contributed by atoms with Crippen LogP contribution in [0, 0.1) is 0 Å². The van der Waals surface area contributed by atoms with Gasteiger partial charge in [0.2, 0.25) is 0 Å². The van der Waals surface area contributed by atoms with Gasteiger partial charge in [-0.1, -0.05) is 60.7 Å². The molecule has 0 aliphatic carbocycles. The van der Waals surface area contributed by atoms with E-state index < -0.39 is 23.1 Å². The van der Waals surface area contributed by atoms with Crippen LogP contribution in [0.2, 0.25) is 0 Å². The highest BCUT2D eigenvalue weighted by atomic mass is 16.7. The first-order chi connectivity index (χ1) is 11.0. The smallest absolute Gasteiger partial charge is 0.147 e. The molecule has 0 spiro atoms. The standard InChI is InChI=1S/C18H16O5/c19-15(20)17(11-13-7-3-1-4-8-13)18(23-17,16(21)22)12-14-9-5-2-6-10-14/h1-10H,11-12H2,(H,19,20)(H,21,22)/p-2/t17-,18-/m1/s1. The number of carboxylic acids is 2. The maximum atomic E-state index is 11.7. The van der Waals surface area contributed by atoms with E-state index in [1.54, 1.807) is 60.7 Å². The minimum atomic E-state index is -1.91. The Balaban J connectivity index is 1.95. The SMILES string of the molecule is O=C([O-])[C@@]1(Cc2ccccc2)O[C@]1(Cc1ccccc1)C(=O)[O-]. The minimum Gasteiger partial charge on any atom is -0.547 e. The number of carbonyl (C=O) groups is 2. The highest BCUT2D eigenvalue weighted by Gasteiger charge is 2.71. The van der Waals surface area contributed by atoms with Crippen molar-refractivity contribution in [3.05, 3.63) is 71.8 Å². The van der Waals surface area contributed by atoms with Gasteiger partial charge in [-0.25, -0.2) is 0 Å². The predicted molar refractivity (Wildman–Crippen MR) is 76.9 cm³/mol. The molecule has 0 N–H and O–H groups in total. The summed E-state index contributed by atoms with van der Waals surface area (Å²) in [5, 5.41) is 23.3. The monoisotopic (exact) mass is 310 g/mol. The van der Waals surface area contributed by atoms with Crippen molar-refractivity contribution in [1.82, 2.24) is 0 Å². The van der Waals surface area contributed by atoms with Gasteiger partial charge in [-0.2, -0.15) is 0 Å². The lowest BCUT2D eigenvalue weighted by atomic mass is 9.83. The van der Waals surface area contributed by atoms with E-state index in [0.29, 0.717) is 11.1 Å². The zero-order valence-electron chi connectivity index (χ0n) is 12.2. The molecule has 0 aromatic heterocycles. The normalized spacial score (nSPS) is 25.7. The molecule has 0 radical (unpaired) electrons. The van der Waals surface area contributed by atoms with Crippen LogP contribution in [-0.2, 0) is 27.2 Å². The lowest BCUT2D eigenvalue weighted by molar-refractivity contribution is -0.318. The van der Waals surface area contributed by atoms with Gasteiger partial charge in [0.05, 0.1) is 11.9 Å². The van der Waals surface area contributed by atoms with Crippen molar-refractivity contribution in [2.75, 3.05) is 0 Å². The van der Waals surface area contributed by atoms with Gasteiger partial charge in [-0.05, 0) is 11.1 Å². The molecule has 2 aromatic carbocycles. The molecule has 118 valence electrons. The molecule has 3 rings (SSSR count). The molecule has 5 nitrogen and oxygen atoms in total. The van der Waals surface area contributed by atoms with Crippen LogP contribution in [0.25, 0.3) is 0 Å². The van der Waals surface area contributed by atoms with E-state index in [0.717, 1.165) is 0 Å². The van der Waals surface area contributed by atoms with Gasteiger partial charge < -0.3 is 24.5 Å². The molecular formula is C18H14O5-2. The molecule has 1 fully saturated rings. The molecule has 1 heterocycles. The number of hydrogen-bond donors (Lipinski definition) is 0. The van der Waals surface area contributed by atoms with Crippen molar-refractivity contribution in [2.24, 2.45) is 0 Å². The van der Waals surface area contributed by atoms with Gasteiger partial charge in [-0.15, -0.1) is 0 Å². The highest BCUT2D eigenvalue weighted by molar-refractivity contribution is 5.95.